The van der Waals surface area contributed by atoms with Gasteiger partial charge in [0.25, 0.3) is 0 Å². The number of fused-ring (bicyclic) bond motifs is 2. The van der Waals surface area contributed by atoms with Crippen molar-refractivity contribution < 1.29 is 14.6 Å². The van der Waals surface area contributed by atoms with E-state index in [2.05, 4.69) is 110 Å². The highest BCUT2D eigenvalue weighted by Crippen LogP contribution is 2.45. The van der Waals surface area contributed by atoms with Gasteiger partial charge in [-0.25, -0.2) is 0 Å². The maximum absolute atomic E-state index is 12.5. The van der Waals surface area contributed by atoms with E-state index in [1.54, 1.807) is 0 Å². The van der Waals surface area contributed by atoms with Crippen LogP contribution in [-0.4, -0.2) is 30.6 Å². The molecule has 5 aromatic rings. The largest absolute Gasteiger partial charge is 0.488 e. The fourth-order valence-electron chi connectivity index (χ4n) is 6.35. The Kier molecular flexibility index (Phi) is 8.44. The molecule has 4 heteroatoms. The number of nitrogens with zero attached hydrogens (tertiary/aromatic N) is 1. The molecule has 0 spiro atoms. The van der Waals surface area contributed by atoms with Gasteiger partial charge in [0.05, 0.1) is 6.61 Å². The molecule has 1 atom stereocenters. The normalized spacial score (nSPS) is 16.2. The SMILES string of the molecule is CN(C)CCCC1(O)c2ccccc2COc2ccc(COC(c3ccccc3)(c3ccccc3)c3ccccc3)cc21. The Bertz CT molecular complexity index is 1540. The van der Waals surface area contributed by atoms with E-state index >= 15 is 0 Å². The molecule has 1 N–H and O–H groups in total. The van der Waals surface area contributed by atoms with Gasteiger partial charge in [-0.1, -0.05) is 121 Å². The monoisotopic (exact) mass is 569 g/mol. The smallest absolute Gasteiger partial charge is 0.144 e. The third kappa shape index (κ3) is 5.74. The topological polar surface area (TPSA) is 41.9 Å². The molecule has 0 saturated heterocycles. The lowest BCUT2D eigenvalue weighted by Gasteiger charge is -2.36. The van der Waals surface area contributed by atoms with E-state index in [9.17, 15) is 5.11 Å². The minimum Gasteiger partial charge on any atom is -0.488 e. The van der Waals surface area contributed by atoms with Gasteiger partial charge in [0, 0.05) is 5.56 Å². The van der Waals surface area contributed by atoms with Crippen molar-refractivity contribution in [3.63, 3.8) is 0 Å². The Morgan fingerprint density at radius 3 is 1.86 bits per heavy atom. The van der Waals surface area contributed by atoms with E-state index in [1.165, 1.54) is 0 Å². The van der Waals surface area contributed by atoms with Gasteiger partial charge >= 0.3 is 0 Å². The van der Waals surface area contributed by atoms with Crippen molar-refractivity contribution in [1.82, 2.24) is 4.90 Å². The van der Waals surface area contributed by atoms with Crippen molar-refractivity contribution in [3.8, 4) is 5.75 Å². The summed E-state index contributed by atoms with van der Waals surface area (Å²) in [5, 5.41) is 12.5. The summed E-state index contributed by atoms with van der Waals surface area (Å²) in [7, 11) is 4.13. The summed E-state index contributed by atoms with van der Waals surface area (Å²) in [5.74, 6) is 0.716. The van der Waals surface area contributed by atoms with Gasteiger partial charge in [-0.15, -0.1) is 0 Å². The van der Waals surface area contributed by atoms with Crippen LogP contribution in [-0.2, 0) is 29.2 Å². The summed E-state index contributed by atoms with van der Waals surface area (Å²) in [4.78, 5) is 2.16. The first-order valence-corrected chi connectivity index (χ1v) is 15.0. The second-order valence-electron chi connectivity index (χ2n) is 11.6. The summed E-state index contributed by atoms with van der Waals surface area (Å²) < 4.78 is 13.4. The van der Waals surface area contributed by atoms with Crippen molar-refractivity contribution in [2.75, 3.05) is 20.6 Å². The van der Waals surface area contributed by atoms with Crippen LogP contribution in [0.1, 0.15) is 51.8 Å². The van der Waals surface area contributed by atoms with Gasteiger partial charge < -0.3 is 19.5 Å². The summed E-state index contributed by atoms with van der Waals surface area (Å²) in [5.41, 5.74) is 4.85. The standard InChI is InChI=1S/C39H39NO3/c1-40(2)26-14-25-38(41)35-22-13-12-15-31(35)29-42-37-24-23-30(27-36(37)38)28-43-39(32-16-6-3-7-17-32,33-18-8-4-9-19-33)34-20-10-5-11-21-34/h3-13,15-24,27,41H,14,25-26,28-29H2,1-2H3. The molecule has 1 unspecified atom stereocenters. The first kappa shape index (κ1) is 28.9. The van der Waals surface area contributed by atoms with Gasteiger partial charge in [-0.2, -0.15) is 0 Å². The minimum absolute atomic E-state index is 0.335. The van der Waals surface area contributed by atoms with Gasteiger partial charge in [0.1, 0.15) is 23.6 Å². The van der Waals surface area contributed by atoms with Crippen LogP contribution in [0.2, 0.25) is 0 Å². The highest BCUT2D eigenvalue weighted by atomic mass is 16.5. The van der Waals surface area contributed by atoms with Crippen LogP contribution >= 0.6 is 0 Å². The summed E-state index contributed by atoms with van der Waals surface area (Å²) >= 11 is 0. The highest BCUT2D eigenvalue weighted by molar-refractivity contribution is 5.51. The van der Waals surface area contributed by atoms with E-state index in [-0.39, 0.29) is 0 Å². The van der Waals surface area contributed by atoms with Crippen LogP contribution in [0.15, 0.2) is 133 Å². The third-order valence-corrected chi connectivity index (χ3v) is 8.48. The maximum atomic E-state index is 12.5. The Morgan fingerprint density at radius 2 is 1.28 bits per heavy atom. The predicted octanol–water partition coefficient (Wildman–Crippen LogP) is 7.67. The molecule has 218 valence electrons. The average molecular weight is 570 g/mol. The van der Waals surface area contributed by atoms with Crippen molar-refractivity contribution in [2.45, 2.75) is 37.3 Å². The molecule has 43 heavy (non-hydrogen) atoms. The van der Waals surface area contributed by atoms with Crippen LogP contribution in [0.5, 0.6) is 5.75 Å². The zero-order valence-electron chi connectivity index (χ0n) is 24.9. The summed E-state index contributed by atoms with van der Waals surface area (Å²) in [6, 6.07) is 45.5. The molecule has 0 fully saturated rings. The molecule has 6 rings (SSSR count). The zero-order valence-corrected chi connectivity index (χ0v) is 24.9. The minimum atomic E-state index is -1.18. The molecular formula is C39H39NO3. The van der Waals surface area contributed by atoms with E-state index < -0.39 is 11.2 Å². The summed E-state index contributed by atoms with van der Waals surface area (Å²) in [6.45, 7) is 1.65. The molecule has 1 aliphatic heterocycles. The van der Waals surface area contributed by atoms with E-state index in [0.717, 1.165) is 51.9 Å². The lowest BCUT2D eigenvalue weighted by atomic mass is 9.79. The number of ether oxygens (including phenoxy) is 2. The summed E-state index contributed by atoms with van der Waals surface area (Å²) in [6.07, 6.45) is 1.43. The number of benzene rings is 5. The number of hydrogen-bond donors (Lipinski definition) is 1. The molecule has 1 aliphatic rings. The average Bonchev–Trinajstić information content (AvgIpc) is 3.17. The molecule has 0 radical (unpaired) electrons. The van der Waals surface area contributed by atoms with Crippen LogP contribution in [0.4, 0.5) is 0 Å². The molecule has 4 nitrogen and oxygen atoms in total. The fourth-order valence-corrected chi connectivity index (χ4v) is 6.35. The van der Waals surface area contributed by atoms with Crippen LogP contribution in [0.3, 0.4) is 0 Å². The number of hydrogen-bond acceptors (Lipinski definition) is 4. The number of rotatable bonds is 10. The van der Waals surface area contributed by atoms with Crippen molar-refractivity contribution in [1.29, 1.82) is 0 Å². The Hall–Kier alpha value is -4.22. The first-order valence-electron chi connectivity index (χ1n) is 15.0. The zero-order chi connectivity index (χ0) is 29.7. The van der Waals surface area contributed by atoms with E-state index in [0.29, 0.717) is 25.4 Å². The maximum Gasteiger partial charge on any atom is 0.144 e. The van der Waals surface area contributed by atoms with Gasteiger partial charge in [-0.05, 0) is 79.0 Å². The van der Waals surface area contributed by atoms with Crippen LogP contribution in [0.25, 0.3) is 0 Å². The second-order valence-corrected chi connectivity index (χ2v) is 11.6. The van der Waals surface area contributed by atoms with E-state index in [4.69, 9.17) is 9.47 Å². The molecule has 0 saturated carbocycles. The molecule has 1 heterocycles. The highest BCUT2D eigenvalue weighted by Gasteiger charge is 2.40. The molecule has 5 aromatic carbocycles. The number of aliphatic hydroxyl groups is 1. The molecule has 0 aromatic heterocycles. The quantitative estimate of drug-likeness (QED) is 0.175. The Morgan fingerprint density at radius 1 is 0.721 bits per heavy atom. The van der Waals surface area contributed by atoms with Crippen LogP contribution < -0.4 is 4.74 Å². The van der Waals surface area contributed by atoms with Crippen molar-refractivity contribution in [3.05, 3.63) is 172 Å². The van der Waals surface area contributed by atoms with E-state index in [1.807, 2.05) is 42.5 Å². The molecule has 0 amide bonds. The lowest BCUT2D eigenvalue weighted by molar-refractivity contribution is -0.0000307. The second kappa shape index (κ2) is 12.6. The van der Waals surface area contributed by atoms with Gasteiger partial charge in [0.15, 0.2) is 0 Å². The predicted molar refractivity (Wildman–Crippen MR) is 172 cm³/mol. The Labute approximate surface area is 255 Å². The third-order valence-electron chi connectivity index (χ3n) is 8.48. The molecular weight excluding hydrogens is 530 g/mol. The van der Waals surface area contributed by atoms with Crippen molar-refractivity contribution in [2.24, 2.45) is 0 Å². The first-order chi connectivity index (χ1) is 21.0. The van der Waals surface area contributed by atoms with Gasteiger partial charge in [0.2, 0.25) is 0 Å². The van der Waals surface area contributed by atoms with Gasteiger partial charge in [-0.3, -0.25) is 0 Å². The molecule has 0 aliphatic carbocycles. The Balaban J connectivity index is 1.43. The molecule has 0 bridgehead atoms. The van der Waals surface area contributed by atoms with Crippen molar-refractivity contribution >= 4 is 0 Å². The van der Waals surface area contributed by atoms with Crippen LogP contribution in [0, 0.1) is 0 Å². The lowest BCUT2D eigenvalue weighted by Crippen LogP contribution is -2.33. The fraction of sp³-hybridized carbons (Fsp3) is 0.231.